The van der Waals surface area contributed by atoms with Crippen LogP contribution >= 0.6 is 23.4 Å². The molecule has 1 heterocycles. The van der Waals surface area contributed by atoms with Crippen molar-refractivity contribution >= 4 is 33.4 Å². The zero-order chi connectivity index (χ0) is 15.6. The minimum Gasteiger partial charge on any atom is -0.316 e. The summed E-state index contributed by atoms with van der Waals surface area (Å²) in [6.07, 6.45) is 0. The minimum atomic E-state index is -3.48. The lowest BCUT2D eigenvalue weighted by atomic mass is 10.1. The Balaban J connectivity index is 2.44. The van der Waals surface area contributed by atoms with E-state index >= 15 is 0 Å². The van der Waals surface area contributed by atoms with E-state index in [2.05, 4.69) is 12.2 Å². The number of halogens is 1. The zero-order valence-corrected chi connectivity index (χ0v) is 14.9. The van der Waals surface area contributed by atoms with Gasteiger partial charge in [-0.05, 0) is 37.2 Å². The van der Waals surface area contributed by atoms with Crippen LogP contribution in [0, 0.1) is 6.92 Å². The Morgan fingerprint density at radius 2 is 2.19 bits per heavy atom. The van der Waals surface area contributed by atoms with Crippen LogP contribution in [0.3, 0.4) is 0 Å². The smallest absolute Gasteiger partial charge is 0.243 e. The monoisotopic (exact) mass is 348 g/mol. The first-order valence-electron chi connectivity index (χ1n) is 6.91. The maximum absolute atomic E-state index is 12.9. The fourth-order valence-corrected chi connectivity index (χ4v) is 5.85. The van der Waals surface area contributed by atoms with Gasteiger partial charge in [0.1, 0.15) is 0 Å². The lowest BCUT2D eigenvalue weighted by Gasteiger charge is -2.30. The molecular weight excluding hydrogens is 328 g/mol. The Labute approximate surface area is 136 Å². The third-order valence-corrected chi connectivity index (χ3v) is 6.97. The average Bonchev–Trinajstić information content (AvgIpc) is 2.42. The van der Waals surface area contributed by atoms with E-state index in [4.69, 9.17) is 11.6 Å². The summed E-state index contributed by atoms with van der Waals surface area (Å²) in [7, 11) is -1.65. The fraction of sp³-hybridized carbons (Fsp3) is 0.571. The maximum atomic E-state index is 12.9. The van der Waals surface area contributed by atoms with Gasteiger partial charge in [0.2, 0.25) is 10.0 Å². The molecule has 0 aromatic heterocycles. The number of rotatable bonds is 4. The van der Waals surface area contributed by atoms with Crippen molar-refractivity contribution in [1.82, 2.24) is 9.62 Å². The molecule has 0 aliphatic carbocycles. The molecule has 4 nitrogen and oxygen atoms in total. The average molecular weight is 349 g/mol. The number of nitrogens with zero attached hydrogens (tertiary/aromatic N) is 1. The van der Waals surface area contributed by atoms with E-state index in [-0.39, 0.29) is 0 Å². The van der Waals surface area contributed by atoms with Gasteiger partial charge in [-0.3, -0.25) is 0 Å². The predicted octanol–water partition coefficient (Wildman–Crippen LogP) is 2.49. The summed E-state index contributed by atoms with van der Waals surface area (Å²) in [6.45, 7) is 5.62. The van der Waals surface area contributed by atoms with E-state index in [0.29, 0.717) is 34.8 Å². The van der Waals surface area contributed by atoms with Crippen molar-refractivity contribution in [1.29, 1.82) is 0 Å². The minimum absolute atomic E-state index is 0.324. The van der Waals surface area contributed by atoms with Crippen molar-refractivity contribution in [2.45, 2.75) is 30.5 Å². The summed E-state index contributed by atoms with van der Waals surface area (Å²) in [5.74, 6) is 0.837. The van der Waals surface area contributed by atoms with Crippen LogP contribution in [0.5, 0.6) is 0 Å². The first kappa shape index (κ1) is 17.1. The maximum Gasteiger partial charge on any atom is 0.243 e. The van der Waals surface area contributed by atoms with Gasteiger partial charge in [0.05, 0.1) is 4.90 Å². The topological polar surface area (TPSA) is 49.4 Å². The van der Waals surface area contributed by atoms with Crippen LogP contribution in [-0.4, -0.2) is 43.9 Å². The number of thioether (sulfide) groups is 1. The van der Waals surface area contributed by atoms with Gasteiger partial charge in [0.25, 0.3) is 0 Å². The first-order valence-corrected chi connectivity index (χ1v) is 9.78. The highest BCUT2D eigenvalue weighted by Crippen LogP contribution is 2.29. The third kappa shape index (κ3) is 3.74. The normalized spacial score (nSPS) is 20.7. The molecule has 0 radical (unpaired) electrons. The van der Waals surface area contributed by atoms with Crippen LogP contribution in [0.25, 0.3) is 0 Å². The molecule has 1 N–H and O–H groups in total. The molecule has 1 aliphatic heterocycles. The van der Waals surface area contributed by atoms with Crippen LogP contribution in [0.15, 0.2) is 17.0 Å². The second-order valence-electron chi connectivity index (χ2n) is 5.26. The first-order chi connectivity index (χ1) is 9.86. The van der Waals surface area contributed by atoms with Crippen LogP contribution in [0.4, 0.5) is 0 Å². The Morgan fingerprint density at radius 3 is 2.81 bits per heavy atom. The van der Waals surface area contributed by atoms with Crippen molar-refractivity contribution in [3.63, 3.8) is 0 Å². The highest BCUT2D eigenvalue weighted by atomic mass is 35.5. The second-order valence-corrected chi connectivity index (χ2v) is 9.15. The van der Waals surface area contributed by atoms with Crippen molar-refractivity contribution < 1.29 is 8.42 Å². The van der Waals surface area contributed by atoms with Crippen LogP contribution in [-0.2, 0) is 16.6 Å². The SMILES string of the molecule is CNCc1cc(Cl)cc(S(=O)(=O)N2CCSC(C)C2)c1C. The number of benzene rings is 1. The van der Waals surface area contributed by atoms with Crippen LogP contribution in [0.2, 0.25) is 5.02 Å². The largest absolute Gasteiger partial charge is 0.316 e. The van der Waals surface area contributed by atoms with Crippen molar-refractivity contribution in [3.8, 4) is 0 Å². The van der Waals surface area contributed by atoms with E-state index < -0.39 is 10.0 Å². The van der Waals surface area contributed by atoms with E-state index in [9.17, 15) is 8.42 Å². The number of nitrogens with one attached hydrogen (secondary N) is 1. The quantitative estimate of drug-likeness (QED) is 0.908. The predicted molar refractivity (Wildman–Crippen MR) is 89.6 cm³/mol. The molecule has 0 saturated carbocycles. The van der Waals surface area contributed by atoms with Crippen molar-refractivity contribution in [3.05, 3.63) is 28.3 Å². The van der Waals surface area contributed by atoms with Gasteiger partial charge in [-0.2, -0.15) is 16.1 Å². The number of hydrogen-bond acceptors (Lipinski definition) is 4. The fourth-order valence-electron chi connectivity index (χ4n) is 2.49. The molecule has 2 rings (SSSR count). The van der Waals surface area contributed by atoms with E-state index in [1.807, 2.05) is 31.8 Å². The molecule has 1 aliphatic rings. The Morgan fingerprint density at radius 1 is 1.48 bits per heavy atom. The molecule has 0 spiro atoms. The van der Waals surface area contributed by atoms with Gasteiger partial charge in [0, 0.05) is 35.7 Å². The molecule has 0 bridgehead atoms. The van der Waals surface area contributed by atoms with Gasteiger partial charge in [-0.25, -0.2) is 8.42 Å². The highest BCUT2D eigenvalue weighted by molar-refractivity contribution is 8.00. The highest BCUT2D eigenvalue weighted by Gasteiger charge is 2.30. The molecule has 1 fully saturated rings. The van der Waals surface area contributed by atoms with Gasteiger partial charge < -0.3 is 5.32 Å². The Bertz CT molecular complexity index is 620. The number of sulfonamides is 1. The van der Waals surface area contributed by atoms with Gasteiger partial charge >= 0.3 is 0 Å². The molecular formula is C14H21ClN2O2S2. The molecule has 118 valence electrons. The molecule has 21 heavy (non-hydrogen) atoms. The molecule has 0 amide bonds. The van der Waals surface area contributed by atoms with Gasteiger partial charge in [-0.15, -0.1) is 0 Å². The summed E-state index contributed by atoms with van der Waals surface area (Å²) in [5.41, 5.74) is 1.70. The summed E-state index contributed by atoms with van der Waals surface area (Å²) in [5, 5.41) is 3.83. The van der Waals surface area contributed by atoms with Gasteiger partial charge in [-0.1, -0.05) is 18.5 Å². The van der Waals surface area contributed by atoms with Crippen LogP contribution < -0.4 is 5.32 Å². The van der Waals surface area contributed by atoms with Crippen molar-refractivity contribution in [2.24, 2.45) is 0 Å². The zero-order valence-electron chi connectivity index (χ0n) is 12.5. The second kappa shape index (κ2) is 6.87. The standard InChI is InChI=1S/C14H21ClN2O2S2/c1-10-9-17(4-5-20-10)21(18,19)14-7-13(15)6-12(8-16-3)11(14)2/h6-7,10,16H,4-5,8-9H2,1-3H3. The van der Waals surface area contributed by atoms with E-state index in [1.165, 1.54) is 0 Å². The molecule has 7 heteroatoms. The van der Waals surface area contributed by atoms with Gasteiger partial charge in [0.15, 0.2) is 0 Å². The summed E-state index contributed by atoms with van der Waals surface area (Å²) in [4.78, 5) is 0.333. The Kier molecular flexibility index (Phi) is 5.59. The van der Waals surface area contributed by atoms with Crippen molar-refractivity contribution in [2.75, 3.05) is 25.9 Å². The molecule has 1 aromatic carbocycles. The Hall–Kier alpha value is -0.270. The third-order valence-electron chi connectivity index (χ3n) is 3.62. The summed E-state index contributed by atoms with van der Waals surface area (Å²) >= 11 is 7.93. The summed E-state index contributed by atoms with van der Waals surface area (Å²) < 4.78 is 27.4. The molecule has 1 saturated heterocycles. The number of hydrogen-bond donors (Lipinski definition) is 1. The summed E-state index contributed by atoms with van der Waals surface area (Å²) in [6, 6.07) is 3.39. The van der Waals surface area contributed by atoms with Crippen LogP contribution in [0.1, 0.15) is 18.1 Å². The lowest BCUT2D eigenvalue weighted by molar-refractivity contribution is 0.424. The lowest BCUT2D eigenvalue weighted by Crippen LogP contribution is -2.41. The molecule has 1 aromatic rings. The van der Waals surface area contributed by atoms with E-state index in [0.717, 1.165) is 16.9 Å². The van der Waals surface area contributed by atoms with E-state index in [1.54, 1.807) is 10.4 Å². The molecule has 1 unspecified atom stereocenters. The molecule has 1 atom stereocenters.